The van der Waals surface area contributed by atoms with E-state index >= 15 is 0 Å². The SMILES string of the molecule is CCNc1nc(OC)nc(Sc2ccc(F)cc2)n1. The fourth-order valence-electron chi connectivity index (χ4n) is 1.32. The van der Waals surface area contributed by atoms with Crippen molar-refractivity contribution in [2.45, 2.75) is 17.0 Å². The van der Waals surface area contributed by atoms with Gasteiger partial charge in [0.25, 0.3) is 0 Å². The molecule has 0 unspecified atom stereocenters. The average Bonchev–Trinajstić information content (AvgIpc) is 2.41. The van der Waals surface area contributed by atoms with Crippen molar-refractivity contribution in [3.63, 3.8) is 0 Å². The monoisotopic (exact) mass is 280 g/mol. The molecule has 2 rings (SSSR count). The van der Waals surface area contributed by atoms with Gasteiger partial charge in [-0.05, 0) is 43.0 Å². The Morgan fingerprint density at radius 3 is 2.58 bits per heavy atom. The predicted molar refractivity (Wildman–Crippen MR) is 71.1 cm³/mol. The van der Waals surface area contributed by atoms with Crippen LogP contribution in [-0.4, -0.2) is 28.6 Å². The van der Waals surface area contributed by atoms with Gasteiger partial charge >= 0.3 is 6.01 Å². The molecule has 0 saturated carbocycles. The zero-order valence-corrected chi connectivity index (χ0v) is 11.4. The first kappa shape index (κ1) is 13.5. The summed E-state index contributed by atoms with van der Waals surface area (Å²) in [6.45, 7) is 2.65. The number of halogens is 1. The van der Waals surface area contributed by atoms with E-state index in [1.165, 1.54) is 31.0 Å². The average molecular weight is 280 g/mol. The zero-order valence-electron chi connectivity index (χ0n) is 10.6. The summed E-state index contributed by atoms with van der Waals surface area (Å²) in [5, 5.41) is 3.50. The molecule has 1 N–H and O–H groups in total. The Hall–Kier alpha value is -1.89. The fraction of sp³-hybridized carbons (Fsp3) is 0.250. The van der Waals surface area contributed by atoms with Crippen molar-refractivity contribution in [2.75, 3.05) is 19.0 Å². The molecule has 7 heteroatoms. The Labute approximate surface area is 114 Å². The van der Waals surface area contributed by atoms with Crippen LogP contribution >= 0.6 is 11.8 Å². The quantitative estimate of drug-likeness (QED) is 0.908. The van der Waals surface area contributed by atoms with Crippen molar-refractivity contribution in [2.24, 2.45) is 0 Å². The molecule has 0 atom stereocenters. The van der Waals surface area contributed by atoms with Crippen LogP contribution in [0, 0.1) is 5.82 Å². The lowest BCUT2D eigenvalue weighted by molar-refractivity contribution is 0.373. The number of hydrogen-bond donors (Lipinski definition) is 1. The molecule has 0 saturated heterocycles. The van der Waals surface area contributed by atoms with Crippen LogP contribution in [0.4, 0.5) is 10.3 Å². The minimum Gasteiger partial charge on any atom is -0.467 e. The molecule has 0 bridgehead atoms. The second kappa shape index (κ2) is 6.33. The summed E-state index contributed by atoms with van der Waals surface area (Å²) in [6, 6.07) is 6.38. The number of nitrogens with one attached hydrogen (secondary N) is 1. The van der Waals surface area contributed by atoms with E-state index in [0.29, 0.717) is 17.6 Å². The van der Waals surface area contributed by atoms with Gasteiger partial charge in [-0.1, -0.05) is 0 Å². The molecule has 100 valence electrons. The van der Waals surface area contributed by atoms with Gasteiger partial charge in [-0.15, -0.1) is 0 Å². The Kier molecular flexibility index (Phi) is 4.51. The van der Waals surface area contributed by atoms with Crippen LogP contribution < -0.4 is 10.1 Å². The number of aromatic nitrogens is 3. The minimum atomic E-state index is -0.272. The lowest BCUT2D eigenvalue weighted by Crippen LogP contribution is -2.05. The molecule has 0 aliphatic heterocycles. The summed E-state index contributed by atoms with van der Waals surface area (Å²) in [7, 11) is 1.50. The summed E-state index contributed by atoms with van der Waals surface area (Å²) in [5.41, 5.74) is 0. The molecule has 5 nitrogen and oxygen atoms in total. The van der Waals surface area contributed by atoms with Crippen molar-refractivity contribution in [3.8, 4) is 6.01 Å². The smallest absolute Gasteiger partial charge is 0.321 e. The summed E-state index contributed by atoms with van der Waals surface area (Å²) in [4.78, 5) is 13.3. The summed E-state index contributed by atoms with van der Waals surface area (Å²) in [5.74, 6) is 0.185. The lowest BCUT2D eigenvalue weighted by atomic mass is 10.4. The highest BCUT2D eigenvalue weighted by molar-refractivity contribution is 7.99. The molecule has 2 aromatic rings. The highest BCUT2D eigenvalue weighted by Crippen LogP contribution is 2.26. The third kappa shape index (κ3) is 3.78. The van der Waals surface area contributed by atoms with Gasteiger partial charge in [-0.2, -0.15) is 15.0 Å². The number of rotatable bonds is 5. The van der Waals surface area contributed by atoms with Gasteiger partial charge in [0.05, 0.1) is 7.11 Å². The van der Waals surface area contributed by atoms with E-state index in [1.54, 1.807) is 12.1 Å². The Balaban J connectivity index is 2.23. The first-order valence-corrected chi connectivity index (χ1v) is 6.50. The maximum Gasteiger partial charge on any atom is 0.321 e. The van der Waals surface area contributed by atoms with E-state index in [-0.39, 0.29) is 11.8 Å². The summed E-state index contributed by atoms with van der Waals surface area (Å²) < 4.78 is 17.9. The molecule has 19 heavy (non-hydrogen) atoms. The number of ether oxygens (including phenoxy) is 1. The highest BCUT2D eigenvalue weighted by atomic mass is 32.2. The second-order valence-electron chi connectivity index (χ2n) is 3.51. The van der Waals surface area contributed by atoms with Crippen molar-refractivity contribution in [1.82, 2.24) is 15.0 Å². The maximum absolute atomic E-state index is 12.8. The maximum atomic E-state index is 12.8. The van der Waals surface area contributed by atoms with Gasteiger partial charge in [-0.25, -0.2) is 4.39 Å². The van der Waals surface area contributed by atoms with Crippen LogP contribution in [0.25, 0.3) is 0 Å². The first-order valence-electron chi connectivity index (χ1n) is 5.68. The van der Waals surface area contributed by atoms with E-state index in [2.05, 4.69) is 20.3 Å². The van der Waals surface area contributed by atoms with Crippen LogP contribution in [0.3, 0.4) is 0 Å². The van der Waals surface area contributed by atoms with Gasteiger partial charge in [0, 0.05) is 11.4 Å². The number of nitrogens with zero attached hydrogens (tertiary/aromatic N) is 3. The molecule has 0 spiro atoms. The minimum absolute atomic E-state index is 0.246. The Morgan fingerprint density at radius 1 is 1.21 bits per heavy atom. The second-order valence-corrected chi connectivity index (χ2v) is 4.56. The van der Waals surface area contributed by atoms with Crippen LogP contribution in [-0.2, 0) is 0 Å². The number of benzene rings is 1. The molecule has 0 fully saturated rings. The summed E-state index contributed by atoms with van der Waals surface area (Å²) in [6.07, 6.45) is 0. The van der Waals surface area contributed by atoms with Crippen molar-refractivity contribution >= 4 is 17.7 Å². The van der Waals surface area contributed by atoms with Crippen molar-refractivity contribution < 1.29 is 9.13 Å². The Morgan fingerprint density at radius 2 is 1.95 bits per heavy atom. The molecule has 1 aromatic carbocycles. The lowest BCUT2D eigenvalue weighted by Gasteiger charge is -2.06. The normalized spacial score (nSPS) is 10.3. The Bertz CT molecular complexity index is 550. The highest BCUT2D eigenvalue weighted by Gasteiger charge is 2.08. The molecule has 1 aromatic heterocycles. The first-order chi connectivity index (χ1) is 9.21. The predicted octanol–water partition coefficient (Wildman–Crippen LogP) is 2.60. The topological polar surface area (TPSA) is 59.9 Å². The number of hydrogen-bond acceptors (Lipinski definition) is 6. The van der Waals surface area contributed by atoms with Gasteiger partial charge in [-0.3, -0.25) is 0 Å². The van der Waals surface area contributed by atoms with E-state index in [9.17, 15) is 4.39 Å². The van der Waals surface area contributed by atoms with Gasteiger partial charge in [0.15, 0.2) is 0 Å². The standard InChI is InChI=1S/C12H13FN4OS/c1-3-14-10-15-11(18-2)17-12(16-10)19-9-6-4-8(13)5-7-9/h4-7H,3H2,1-2H3,(H,14,15,16,17). The van der Waals surface area contributed by atoms with Crippen LogP contribution in [0.5, 0.6) is 6.01 Å². The van der Waals surface area contributed by atoms with Crippen molar-refractivity contribution in [1.29, 1.82) is 0 Å². The van der Waals surface area contributed by atoms with Crippen LogP contribution in [0.2, 0.25) is 0 Å². The van der Waals surface area contributed by atoms with Crippen molar-refractivity contribution in [3.05, 3.63) is 30.1 Å². The largest absolute Gasteiger partial charge is 0.467 e. The molecule has 0 radical (unpaired) electrons. The fourth-order valence-corrected chi connectivity index (χ4v) is 2.06. The zero-order chi connectivity index (χ0) is 13.7. The molecular formula is C12H13FN4OS. The van der Waals surface area contributed by atoms with E-state index in [4.69, 9.17) is 4.74 Å². The molecular weight excluding hydrogens is 267 g/mol. The molecule has 0 aliphatic rings. The number of methoxy groups -OCH3 is 1. The van der Waals surface area contributed by atoms with E-state index in [0.717, 1.165) is 4.90 Å². The molecule has 0 amide bonds. The molecule has 1 heterocycles. The van der Waals surface area contributed by atoms with Gasteiger partial charge < -0.3 is 10.1 Å². The third-order valence-electron chi connectivity index (χ3n) is 2.13. The van der Waals surface area contributed by atoms with Gasteiger partial charge in [0.1, 0.15) is 5.82 Å². The van der Waals surface area contributed by atoms with E-state index in [1.807, 2.05) is 6.92 Å². The van der Waals surface area contributed by atoms with Gasteiger partial charge in [0.2, 0.25) is 11.1 Å². The number of anilines is 1. The molecule has 0 aliphatic carbocycles. The van der Waals surface area contributed by atoms with Crippen LogP contribution in [0.1, 0.15) is 6.92 Å². The third-order valence-corrected chi connectivity index (χ3v) is 3.01. The van der Waals surface area contributed by atoms with E-state index < -0.39 is 0 Å². The van der Waals surface area contributed by atoms with Crippen LogP contribution in [0.15, 0.2) is 34.3 Å². The summed E-state index contributed by atoms with van der Waals surface area (Å²) >= 11 is 1.32.